The molecular formula is C23H18N4O5. The fraction of sp³-hybridized carbons (Fsp3) is 0.174. The Hall–Kier alpha value is -4.27. The number of hydrogen-bond donors (Lipinski definition) is 1. The van der Waals surface area contributed by atoms with Gasteiger partial charge in [0, 0.05) is 0 Å². The summed E-state index contributed by atoms with van der Waals surface area (Å²) in [4.78, 5) is 50.2. The van der Waals surface area contributed by atoms with Crippen molar-refractivity contribution in [3.05, 3.63) is 63.9 Å². The highest BCUT2D eigenvalue weighted by atomic mass is 16.5. The lowest BCUT2D eigenvalue weighted by Gasteiger charge is -2.08. The molecule has 0 amide bonds. The number of aromatic amines is 1. The maximum absolute atomic E-state index is 13.0. The molecule has 2 aromatic carbocycles. The zero-order valence-electron chi connectivity index (χ0n) is 17.5. The number of nitrogens with one attached hydrogen (secondary N) is 1. The maximum atomic E-state index is 13.0. The molecule has 3 aromatic heterocycles. The van der Waals surface area contributed by atoms with E-state index in [9.17, 15) is 14.4 Å². The number of methoxy groups -OCH3 is 1. The number of para-hydroxylation sites is 2. The molecule has 0 saturated carbocycles. The van der Waals surface area contributed by atoms with Gasteiger partial charge < -0.3 is 14.5 Å². The second-order valence-corrected chi connectivity index (χ2v) is 7.58. The van der Waals surface area contributed by atoms with E-state index >= 15 is 0 Å². The average Bonchev–Trinajstić information content (AvgIpc) is 3.09. The minimum absolute atomic E-state index is 0.106. The van der Waals surface area contributed by atoms with E-state index in [-0.39, 0.29) is 22.9 Å². The monoisotopic (exact) mass is 430 g/mol. The molecule has 0 spiro atoms. The summed E-state index contributed by atoms with van der Waals surface area (Å²) in [6.07, 6.45) is -0.376. The van der Waals surface area contributed by atoms with E-state index in [0.717, 1.165) is 0 Å². The van der Waals surface area contributed by atoms with Crippen molar-refractivity contribution in [3.63, 3.8) is 0 Å². The van der Waals surface area contributed by atoms with Crippen molar-refractivity contribution in [3.8, 4) is 0 Å². The van der Waals surface area contributed by atoms with Gasteiger partial charge in [-0.05, 0) is 44.2 Å². The molecule has 0 aliphatic rings. The standard InChI is InChI=1S/C23H18N4O5/c1-11(2)32-23(30)17-18-20(25-15-7-5-4-6-14(15)24-18)27-16-10-12(22(29)31-3)8-9-13(16)21(28)26-19(17)27/h4-11H,1-3H3,(H,26,28). The van der Waals surface area contributed by atoms with Crippen LogP contribution < -0.4 is 5.56 Å². The molecule has 0 atom stereocenters. The van der Waals surface area contributed by atoms with Crippen molar-refractivity contribution in [1.29, 1.82) is 0 Å². The number of carbonyl (C=O) groups excluding carboxylic acids is 2. The third kappa shape index (κ3) is 2.89. The number of carbonyl (C=O) groups is 2. The number of fused-ring (bicyclic) bond motifs is 6. The van der Waals surface area contributed by atoms with Crippen molar-refractivity contribution < 1.29 is 19.1 Å². The Morgan fingerprint density at radius 3 is 2.44 bits per heavy atom. The van der Waals surface area contributed by atoms with Gasteiger partial charge in [-0.25, -0.2) is 19.6 Å². The van der Waals surface area contributed by atoms with E-state index in [1.807, 2.05) is 12.1 Å². The predicted octanol–water partition coefficient (Wildman–Crippen LogP) is 3.23. The van der Waals surface area contributed by atoms with Crippen molar-refractivity contribution >= 4 is 50.7 Å². The van der Waals surface area contributed by atoms with Crippen molar-refractivity contribution in [2.75, 3.05) is 7.11 Å². The second kappa shape index (κ2) is 7.16. The first kappa shape index (κ1) is 19.7. The topological polar surface area (TPSA) is 116 Å². The van der Waals surface area contributed by atoms with E-state index in [4.69, 9.17) is 14.5 Å². The van der Waals surface area contributed by atoms with Gasteiger partial charge in [-0.1, -0.05) is 12.1 Å². The molecular weight excluding hydrogens is 412 g/mol. The predicted molar refractivity (Wildman–Crippen MR) is 118 cm³/mol. The van der Waals surface area contributed by atoms with Crippen LogP contribution in [0.1, 0.15) is 34.6 Å². The molecule has 3 heterocycles. The normalized spacial score (nSPS) is 11.6. The molecule has 0 aliphatic heterocycles. The summed E-state index contributed by atoms with van der Waals surface area (Å²) in [5.41, 5.74) is 2.39. The zero-order chi connectivity index (χ0) is 22.6. The first-order valence-corrected chi connectivity index (χ1v) is 9.95. The average molecular weight is 430 g/mol. The van der Waals surface area contributed by atoms with Crippen molar-refractivity contribution in [2.24, 2.45) is 0 Å². The number of hydrogen-bond acceptors (Lipinski definition) is 7. The first-order valence-electron chi connectivity index (χ1n) is 9.95. The summed E-state index contributed by atoms with van der Waals surface area (Å²) in [5.74, 6) is -1.18. The number of aromatic nitrogens is 4. The van der Waals surface area contributed by atoms with E-state index in [1.54, 1.807) is 30.4 Å². The van der Waals surface area contributed by atoms with Crippen LogP contribution in [0.15, 0.2) is 47.3 Å². The molecule has 160 valence electrons. The van der Waals surface area contributed by atoms with Gasteiger partial charge in [0.2, 0.25) is 0 Å². The number of ether oxygens (including phenoxy) is 2. The van der Waals surface area contributed by atoms with Crippen molar-refractivity contribution in [1.82, 2.24) is 19.4 Å². The fourth-order valence-electron chi connectivity index (χ4n) is 3.79. The molecule has 9 nitrogen and oxygen atoms in total. The van der Waals surface area contributed by atoms with Gasteiger partial charge in [-0.3, -0.25) is 9.20 Å². The summed E-state index contributed by atoms with van der Waals surface area (Å²) in [7, 11) is 1.28. The molecule has 0 aliphatic carbocycles. The van der Waals surface area contributed by atoms with Crippen LogP contribution in [0.2, 0.25) is 0 Å². The number of esters is 2. The largest absolute Gasteiger partial charge is 0.465 e. The van der Waals surface area contributed by atoms with E-state index in [1.165, 1.54) is 25.3 Å². The molecule has 0 saturated heterocycles. The number of benzene rings is 2. The smallest absolute Gasteiger partial charge is 0.344 e. The Bertz CT molecular complexity index is 1630. The highest BCUT2D eigenvalue weighted by Gasteiger charge is 2.26. The highest BCUT2D eigenvalue weighted by molar-refractivity contribution is 6.11. The summed E-state index contributed by atoms with van der Waals surface area (Å²) in [6, 6.07) is 11.8. The second-order valence-electron chi connectivity index (χ2n) is 7.58. The molecule has 1 N–H and O–H groups in total. The zero-order valence-corrected chi connectivity index (χ0v) is 17.5. The molecule has 0 fully saturated rings. The van der Waals surface area contributed by atoms with Gasteiger partial charge in [-0.2, -0.15) is 0 Å². The van der Waals surface area contributed by atoms with Gasteiger partial charge in [-0.15, -0.1) is 0 Å². The minimum Gasteiger partial charge on any atom is -0.465 e. The SMILES string of the molecule is COC(=O)c1ccc2c(=O)[nH]c3c(C(=O)OC(C)C)c4nc5ccccc5nc4n3c2c1. The summed E-state index contributed by atoms with van der Waals surface area (Å²) < 4.78 is 11.9. The van der Waals surface area contributed by atoms with Crippen LogP contribution in [-0.4, -0.2) is 44.5 Å². The Morgan fingerprint density at radius 2 is 1.75 bits per heavy atom. The maximum Gasteiger partial charge on any atom is 0.344 e. The van der Waals surface area contributed by atoms with Crippen LogP contribution in [0.5, 0.6) is 0 Å². The lowest BCUT2D eigenvalue weighted by atomic mass is 10.1. The first-order chi connectivity index (χ1) is 15.4. The molecule has 5 aromatic rings. The summed E-state index contributed by atoms with van der Waals surface area (Å²) in [5, 5.41) is 0.320. The Labute approximate surface area is 180 Å². The summed E-state index contributed by atoms with van der Waals surface area (Å²) in [6.45, 7) is 3.47. The quantitative estimate of drug-likeness (QED) is 0.437. The Balaban J connectivity index is 2.01. The van der Waals surface area contributed by atoms with E-state index in [0.29, 0.717) is 33.1 Å². The number of rotatable bonds is 3. The molecule has 5 rings (SSSR count). The van der Waals surface area contributed by atoms with E-state index in [2.05, 4.69) is 9.97 Å². The van der Waals surface area contributed by atoms with Gasteiger partial charge in [0.25, 0.3) is 5.56 Å². The van der Waals surface area contributed by atoms with Gasteiger partial charge >= 0.3 is 11.9 Å². The Kier molecular flexibility index (Phi) is 4.40. The van der Waals surface area contributed by atoms with Crippen molar-refractivity contribution in [2.45, 2.75) is 20.0 Å². The van der Waals surface area contributed by atoms with Gasteiger partial charge in [0.15, 0.2) is 5.65 Å². The van der Waals surface area contributed by atoms with Crippen LogP contribution in [-0.2, 0) is 9.47 Å². The minimum atomic E-state index is -0.629. The fourth-order valence-corrected chi connectivity index (χ4v) is 3.79. The van der Waals surface area contributed by atoms with Crippen LogP contribution in [0.25, 0.3) is 38.7 Å². The molecule has 0 unspecified atom stereocenters. The molecule has 32 heavy (non-hydrogen) atoms. The molecule has 0 radical (unpaired) electrons. The van der Waals surface area contributed by atoms with Gasteiger partial charge in [0.05, 0.1) is 40.7 Å². The van der Waals surface area contributed by atoms with Gasteiger partial charge in [0.1, 0.15) is 16.7 Å². The van der Waals surface area contributed by atoms with Crippen LogP contribution >= 0.6 is 0 Å². The molecule has 0 bridgehead atoms. The summed E-state index contributed by atoms with van der Waals surface area (Å²) >= 11 is 0. The van der Waals surface area contributed by atoms with E-state index < -0.39 is 17.5 Å². The third-order valence-corrected chi connectivity index (χ3v) is 5.14. The molecule has 9 heteroatoms. The lowest BCUT2D eigenvalue weighted by molar-refractivity contribution is 0.0381. The highest BCUT2D eigenvalue weighted by Crippen LogP contribution is 2.29. The van der Waals surface area contributed by atoms with Crippen LogP contribution in [0.3, 0.4) is 0 Å². The lowest BCUT2D eigenvalue weighted by Crippen LogP contribution is -2.15. The number of nitrogens with zero attached hydrogens (tertiary/aromatic N) is 3. The number of H-pyrrole nitrogens is 1. The van der Waals surface area contributed by atoms with Crippen LogP contribution in [0.4, 0.5) is 0 Å². The van der Waals surface area contributed by atoms with Crippen LogP contribution in [0, 0.1) is 0 Å². The third-order valence-electron chi connectivity index (χ3n) is 5.14. The Morgan fingerprint density at radius 1 is 1.03 bits per heavy atom.